The molecule has 0 radical (unpaired) electrons. The minimum Gasteiger partial charge on any atom is -0.459 e. The van der Waals surface area contributed by atoms with Gasteiger partial charge in [-0.05, 0) is 38.3 Å². The summed E-state index contributed by atoms with van der Waals surface area (Å²) in [7, 11) is 0. The Morgan fingerprint density at radius 3 is 2.53 bits per heavy atom. The van der Waals surface area contributed by atoms with E-state index in [1.807, 2.05) is 0 Å². The van der Waals surface area contributed by atoms with Gasteiger partial charge in [-0.25, -0.2) is 9.18 Å². The molecule has 0 aromatic heterocycles. The standard InChI is InChI=1S/C15H15FO3/c1-10(17)13(15(18)19-12-6-4-7-12)9-11-5-2-3-8-14(11)16/h2-3,5,8-9,12H,4,6-7H2,1H3/b13-9+. The van der Waals surface area contributed by atoms with E-state index in [0.29, 0.717) is 0 Å². The van der Waals surface area contributed by atoms with E-state index in [2.05, 4.69) is 0 Å². The van der Waals surface area contributed by atoms with Gasteiger partial charge in [0.2, 0.25) is 0 Å². The van der Waals surface area contributed by atoms with Crippen molar-refractivity contribution >= 4 is 17.8 Å². The molecule has 0 spiro atoms. The highest BCUT2D eigenvalue weighted by atomic mass is 19.1. The van der Waals surface area contributed by atoms with Crippen LogP contribution in [0, 0.1) is 5.82 Å². The molecule has 4 heteroatoms. The number of ether oxygens (including phenoxy) is 1. The first-order valence-corrected chi connectivity index (χ1v) is 6.26. The van der Waals surface area contributed by atoms with Crippen LogP contribution in [-0.4, -0.2) is 17.9 Å². The van der Waals surface area contributed by atoms with E-state index < -0.39 is 17.6 Å². The van der Waals surface area contributed by atoms with Crippen molar-refractivity contribution < 1.29 is 18.7 Å². The summed E-state index contributed by atoms with van der Waals surface area (Å²) >= 11 is 0. The number of Topliss-reactive ketones (excluding diaryl/α,β-unsaturated/α-hetero) is 1. The van der Waals surface area contributed by atoms with Crippen molar-refractivity contribution in [1.29, 1.82) is 0 Å². The van der Waals surface area contributed by atoms with Crippen LogP contribution in [0.4, 0.5) is 4.39 Å². The molecule has 1 aromatic rings. The molecule has 0 heterocycles. The van der Waals surface area contributed by atoms with Gasteiger partial charge in [0.1, 0.15) is 17.5 Å². The maximum Gasteiger partial charge on any atom is 0.342 e. The van der Waals surface area contributed by atoms with Crippen molar-refractivity contribution in [2.75, 3.05) is 0 Å². The first kappa shape index (κ1) is 13.5. The molecule has 0 atom stereocenters. The molecule has 0 amide bonds. The fraction of sp³-hybridized carbons (Fsp3) is 0.333. The van der Waals surface area contributed by atoms with E-state index in [1.54, 1.807) is 12.1 Å². The Morgan fingerprint density at radius 2 is 2.00 bits per heavy atom. The average molecular weight is 262 g/mol. The molecule has 19 heavy (non-hydrogen) atoms. The van der Waals surface area contributed by atoms with Gasteiger partial charge in [-0.15, -0.1) is 0 Å². The smallest absolute Gasteiger partial charge is 0.342 e. The average Bonchev–Trinajstić information content (AvgIpc) is 2.32. The van der Waals surface area contributed by atoms with E-state index in [-0.39, 0.29) is 17.2 Å². The highest BCUT2D eigenvalue weighted by Gasteiger charge is 2.25. The zero-order valence-corrected chi connectivity index (χ0v) is 10.7. The number of halogens is 1. The Balaban J connectivity index is 2.21. The van der Waals surface area contributed by atoms with E-state index in [1.165, 1.54) is 25.1 Å². The molecule has 1 fully saturated rings. The number of hydrogen-bond donors (Lipinski definition) is 0. The fourth-order valence-corrected chi connectivity index (χ4v) is 1.76. The predicted molar refractivity (Wildman–Crippen MR) is 68.8 cm³/mol. The van der Waals surface area contributed by atoms with Gasteiger partial charge in [-0.1, -0.05) is 18.2 Å². The highest BCUT2D eigenvalue weighted by Crippen LogP contribution is 2.23. The lowest BCUT2D eigenvalue weighted by Crippen LogP contribution is -2.27. The van der Waals surface area contributed by atoms with E-state index in [0.717, 1.165) is 19.3 Å². The lowest BCUT2D eigenvalue weighted by molar-refractivity contribution is -0.148. The van der Waals surface area contributed by atoms with Crippen LogP contribution in [0.3, 0.4) is 0 Å². The monoisotopic (exact) mass is 262 g/mol. The van der Waals surface area contributed by atoms with Crippen molar-refractivity contribution in [3.8, 4) is 0 Å². The normalized spacial score (nSPS) is 15.8. The van der Waals surface area contributed by atoms with Gasteiger partial charge in [-0.3, -0.25) is 4.79 Å². The second-order valence-corrected chi connectivity index (χ2v) is 4.59. The molecule has 2 rings (SSSR count). The molecule has 0 unspecified atom stereocenters. The van der Waals surface area contributed by atoms with Crippen LogP contribution in [0.1, 0.15) is 31.7 Å². The molecule has 0 N–H and O–H groups in total. The highest BCUT2D eigenvalue weighted by molar-refractivity contribution is 6.19. The quantitative estimate of drug-likeness (QED) is 0.362. The third-order valence-corrected chi connectivity index (χ3v) is 3.13. The summed E-state index contributed by atoms with van der Waals surface area (Å²) in [5.41, 5.74) is 0.0928. The zero-order chi connectivity index (χ0) is 13.8. The largest absolute Gasteiger partial charge is 0.459 e. The summed E-state index contributed by atoms with van der Waals surface area (Å²) in [6, 6.07) is 5.98. The molecule has 0 saturated heterocycles. The first-order valence-electron chi connectivity index (χ1n) is 6.26. The second-order valence-electron chi connectivity index (χ2n) is 4.59. The van der Waals surface area contributed by atoms with E-state index in [9.17, 15) is 14.0 Å². The topological polar surface area (TPSA) is 43.4 Å². The maximum absolute atomic E-state index is 13.5. The van der Waals surface area contributed by atoms with E-state index >= 15 is 0 Å². The Hall–Kier alpha value is -1.97. The third-order valence-electron chi connectivity index (χ3n) is 3.13. The first-order chi connectivity index (χ1) is 9.08. The summed E-state index contributed by atoms with van der Waals surface area (Å²) in [5, 5.41) is 0. The molecule has 1 saturated carbocycles. The number of ketones is 1. The molecule has 3 nitrogen and oxygen atoms in total. The fourth-order valence-electron chi connectivity index (χ4n) is 1.76. The maximum atomic E-state index is 13.5. The number of hydrogen-bond acceptors (Lipinski definition) is 3. The minimum absolute atomic E-state index is 0.101. The van der Waals surface area contributed by atoms with Crippen molar-refractivity contribution in [2.45, 2.75) is 32.3 Å². The molecular formula is C15H15FO3. The molecule has 0 aliphatic heterocycles. The van der Waals surface area contributed by atoms with Gasteiger partial charge in [0.05, 0.1) is 0 Å². The zero-order valence-electron chi connectivity index (χ0n) is 10.7. The summed E-state index contributed by atoms with van der Waals surface area (Å²) < 4.78 is 18.7. The van der Waals surface area contributed by atoms with Crippen LogP contribution in [-0.2, 0) is 14.3 Å². The molecule has 1 aliphatic rings. The Morgan fingerprint density at radius 1 is 1.32 bits per heavy atom. The van der Waals surface area contributed by atoms with Crippen molar-refractivity contribution in [3.63, 3.8) is 0 Å². The number of carbonyl (C=O) groups is 2. The third kappa shape index (κ3) is 3.28. The van der Waals surface area contributed by atoms with Gasteiger partial charge in [0.25, 0.3) is 0 Å². The van der Waals surface area contributed by atoms with Crippen LogP contribution >= 0.6 is 0 Å². The molecule has 0 bridgehead atoms. The molecular weight excluding hydrogens is 247 g/mol. The van der Waals surface area contributed by atoms with E-state index in [4.69, 9.17) is 4.74 Å². The van der Waals surface area contributed by atoms with Crippen LogP contribution in [0.5, 0.6) is 0 Å². The molecule has 100 valence electrons. The Bertz CT molecular complexity index is 530. The Labute approximate surface area is 111 Å². The number of carbonyl (C=O) groups excluding carboxylic acids is 2. The van der Waals surface area contributed by atoms with Crippen LogP contribution in [0.2, 0.25) is 0 Å². The molecule has 1 aromatic carbocycles. The lowest BCUT2D eigenvalue weighted by Gasteiger charge is -2.25. The van der Waals surface area contributed by atoms with Crippen LogP contribution in [0.25, 0.3) is 6.08 Å². The van der Waals surface area contributed by atoms with Crippen LogP contribution < -0.4 is 0 Å². The van der Waals surface area contributed by atoms with Gasteiger partial charge in [0.15, 0.2) is 5.78 Å². The van der Waals surface area contributed by atoms with Crippen LogP contribution in [0.15, 0.2) is 29.8 Å². The number of esters is 1. The predicted octanol–water partition coefficient (Wildman–Crippen LogP) is 2.89. The van der Waals surface area contributed by atoms with Gasteiger partial charge < -0.3 is 4.74 Å². The summed E-state index contributed by atoms with van der Waals surface area (Å²) in [5.74, 6) is -1.56. The van der Waals surface area contributed by atoms with Crippen molar-refractivity contribution in [1.82, 2.24) is 0 Å². The number of benzene rings is 1. The summed E-state index contributed by atoms with van der Waals surface area (Å²) in [6.45, 7) is 1.27. The Kier molecular flexibility index (Phi) is 4.10. The summed E-state index contributed by atoms with van der Waals surface area (Å²) in [4.78, 5) is 23.4. The minimum atomic E-state index is -0.666. The number of rotatable bonds is 4. The van der Waals surface area contributed by atoms with Gasteiger partial charge >= 0.3 is 5.97 Å². The van der Waals surface area contributed by atoms with Crippen molar-refractivity contribution in [2.24, 2.45) is 0 Å². The van der Waals surface area contributed by atoms with Crippen molar-refractivity contribution in [3.05, 3.63) is 41.2 Å². The second kappa shape index (κ2) is 5.78. The SMILES string of the molecule is CC(=O)/C(=C\c1ccccc1F)C(=O)OC1CCC1. The summed E-state index contributed by atoms with van der Waals surface area (Å²) in [6.07, 6.45) is 3.84. The molecule has 1 aliphatic carbocycles. The van der Waals surface area contributed by atoms with Gasteiger partial charge in [-0.2, -0.15) is 0 Å². The van der Waals surface area contributed by atoms with Gasteiger partial charge in [0, 0.05) is 5.56 Å². The lowest BCUT2D eigenvalue weighted by atomic mass is 9.96.